The first kappa shape index (κ1) is 12.2. The highest BCUT2D eigenvalue weighted by molar-refractivity contribution is 5.99. The molecule has 1 heterocycles. The van der Waals surface area contributed by atoms with Crippen molar-refractivity contribution in [2.45, 2.75) is 13.8 Å². The van der Waals surface area contributed by atoms with Gasteiger partial charge in [0.15, 0.2) is 0 Å². The number of para-hydroxylation sites is 1. The van der Waals surface area contributed by atoms with Crippen LogP contribution in [0.3, 0.4) is 0 Å². The van der Waals surface area contributed by atoms with Gasteiger partial charge in [-0.3, -0.25) is 9.48 Å². The van der Waals surface area contributed by atoms with Gasteiger partial charge in [0.05, 0.1) is 17.0 Å². The zero-order valence-corrected chi connectivity index (χ0v) is 10.6. The molecule has 0 saturated carbocycles. The molecule has 94 valence electrons. The Morgan fingerprint density at radius 3 is 2.44 bits per heavy atom. The predicted octanol–water partition coefficient (Wildman–Crippen LogP) is 1.68. The number of hydrogen-bond donors (Lipinski definition) is 1. The molecule has 5 heteroatoms. The number of rotatable bonds is 2. The average Bonchev–Trinajstić information content (AvgIpc) is 2.61. The highest BCUT2D eigenvalue weighted by atomic mass is 16.4. The van der Waals surface area contributed by atoms with Crippen LogP contribution in [0.25, 0.3) is 5.69 Å². The van der Waals surface area contributed by atoms with E-state index < -0.39 is 0 Å². The van der Waals surface area contributed by atoms with Crippen LogP contribution in [0.4, 0.5) is 0 Å². The van der Waals surface area contributed by atoms with Gasteiger partial charge < -0.3 is 5.21 Å². The van der Waals surface area contributed by atoms with Gasteiger partial charge in [-0.05, 0) is 26.0 Å². The van der Waals surface area contributed by atoms with Crippen molar-refractivity contribution in [3.8, 4) is 5.69 Å². The molecular weight excluding hydrogens is 230 g/mol. The predicted molar refractivity (Wildman–Crippen MR) is 69.7 cm³/mol. The van der Waals surface area contributed by atoms with Gasteiger partial charge in [-0.2, -0.15) is 0 Å². The topological polar surface area (TPSA) is 59.5 Å². The summed E-state index contributed by atoms with van der Waals surface area (Å²) in [6.07, 6.45) is 0. The molecule has 0 aliphatic rings. The molecule has 0 saturated heterocycles. The van der Waals surface area contributed by atoms with Gasteiger partial charge in [0.1, 0.15) is 0 Å². The third-order valence-electron chi connectivity index (χ3n) is 3.07. The van der Waals surface area contributed by atoms with Crippen LogP contribution in [0.2, 0.25) is 0 Å². The molecule has 5 nitrogen and oxygen atoms in total. The largest absolute Gasteiger partial charge is 0.411 e. The lowest BCUT2D eigenvalue weighted by Gasteiger charge is -2.07. The summed E-state index contributed by atoms with van der Waals surface area (Å²) in [6, 6.07) is 9.35. The van der Waals surface area contributed by atoms with Crippen molar-refractivity contribution < 1.29 is 5.21 Å². The van der Waals surface area contributed by atoms with E-state index in [9.17, 15) is 4.79 Å². The molecule has 0 radical (unpaired) electrons. The van der Waals surface area contributed by atoms with E-state index in [1.807, 2.05) is 37.3 Å². The standard InChI is InChI=1S/C13H15N3O2/c1-9(14-18)12-10(2)15(3)16(13(12)17)11-7-5-4-6-8-11/h4-8,18H,1-3H3. The lowest BCUT2D eigenvalue weighted by atomic mass is 10.2. The van der Waals surface area contributed by atoms with Crippen LogP contribution >= 0.6 is 0 Å². The number of hydrogen-bond acceptors (Lipinski definition) is 3. The summed E-state index contributed by atoms with van der Waals surface area (Å²) >= 11 is 0. The van der Waals surface area contributed by atoms with Crippen LogP contribution in [0.15, 0.2) is 40.3 Å². The normalized spacial score (nSPS) is 11.8. The van der Waals surface area contributed by atoms with Gasteiger partial charge >= 0.3 is 0 Å². The van der Waals surface area contributed by atoms with E-state index in [-0.39, 0.29) is 5.56 Å². The first-order chi connectivity index (χ1) is 8.57. The minimum Gasteiger partial charge on any atom is -0.411 e. The van der Waals surface area contributed by atoms with Crippen molar-refractivity contribution in [1.82, 2.24) is 9.36 Å². The maximum Gasteiger partial charge on any atom is 0.280 e. The molecule has 2 rings (SSSR count). The first-order valence-corrected chi connectivity index (χ1v) is 5.61. The molecule has 1 N–H and O–H groups in total. The van der Waals surface area contributed by atoms with Gasteiger partial charge in [0, 0.05) is 12.7 Å². The van der Waals surface area contributed by atoms with E-state index in [1.54, 1.807) is 23.3 Å². The molecular formula is C13H15N3O2. The van der Waals surface area contributed by atoms with Crippen molar-refractivity contribution in [2.75, 3.05) is 0 Å². The number of nitrogens with zero attached hydrogens (tertiary/aromatic N) is 3. The molecule has 0 fully saturated rings. The fourth-order valence-electron chi connectivity index (χ4n) is 2.03. The molecule has 0 amide bonds. The molecule has 1 aromatic carbocycles. The Morgan fingerprint density at radius 2 is 1.89 bits per heavy atom. The molecule has 0 bridgehead atoms. The third kappa shape index (κ3) is 1.73. The molecule has 0 aliphatic heterocycles. The average molecular weight is 245 g/mol. The van der Waals surface area contributed by atoms with E-state index in [2.05, 4.69) is 5.16 Å². The first-order valence-electron chi connectivity index (χ1n) is 5.61. The molecule has 0 spiro atoms. The van der Waals surface area contributed by atoms with Crippen LogP contribution < -0.4 is 5.56 Å². The smallest absolute Gasteiger partial charge is 0.280 e. The van der Waals surface area contributed by atoms with E-state index in [0.717, 1.165) is 11.4 Å². The molecule has 1 aromatic heterocycles. The van der Waals surface area contributed by atoms with Gasteiger partial charge in [-0.1, -0.05) is 23.4 Å². The number of aromatic nitrogens is 2. The SMILES string of the molecule is CC(=NO)c1c(C)n(C)n(-c2ccccc2)c1=O. The van der Waals surface area contributed by atoms with E-state index >= 15 is 0 Å². The van der Waals surface area contributed by atoms with E-state index in [0.29, 0.717) is 11.3 Å². The zero-order chi connectivity index (χ0) is 13.3. The Balaban J connectivity index is 2.76. The highest BCUT2D eigenvalue weighted by Gasteiger charge is 2.18. The monoisotopic (exact) mass is 245 g/mol. The maximum absolute atomic E-state index is 12.4. The van der Waals surface area contributed by atoms with Crippen molar-refractivity contribution in [3.63, 3.8) is 0 Å². The molecule has 2 aromatic rings. The van der Waals surface area contributed by atoms with Crippen molar-refractivity contribution in [2.24, 2.45) is 12.2 Å². The molecule has 0 aliphatic carbocycles. The fraction of sp³-hybridized carbons (Fsp3) is 0.231. The minimum absolute atomic E-state index is 0.184. The second-order valence-electron chi connectivity index (χ2n) is 4.12. The summed E-state index contributed by atoms with van der Waals surface area (Å²) in [7, 11) is 1.80. The van der Waals surface area contributed by atoms with Gasteiger partial charge in [-0.15, -0.1) is 0 Å². The fourth-order valence-corrected chi connectivity index (χ4v) is 2.03. The molecule has 0 atom stereocenters. The van der Waals surface area contributed by atoms with Crippen LogP contribution in [-0.2, 0) is 7.05 Å². The molecule has 0 unspecified atom stereocenters. The van der Waals surface area contributed by atoms with Crippen LogP contribution in [0.1, 0.15) is 18.2 Å². The Morgan fingerprint density at radius 1 is 1.28 bits per heavy atom. The van der Waals surface area contributed by atoms with E-state index in [4.69, 9.17) is 5.21 Å². The highest BCUT2D eigenvalue weighted by Crippen LogP contribution is 2.10. The second-order valence-corrected chi connectivity index (χ2v) is 4.12. The van der Waals surface area contributed by atoms with Gasteiger partial charge in [0.25, 0.3) is 5.56 Å². The minimum atomic E-state index is -0.184. The summed E-state index contributed by atoms with van der Waals surface area (Å²) in [5.41, 5.74) is 2.12. The molecule has 18 heavy (non-hydrogen) atoms. The lowest BCUT2D eigenvalue weighted by molar-refractivity contribution is 0.319. The summed E-state index contributed by atoms with van der Waals surface area (Å²) in [4.78, 5) is 12.4. The van der Waals surface area contributed by atoms with E-state index in [1.165, 1.54) is 0 Å². The van der Waals surface area contributed by atoms with Crippen molar-refractivity contribution in [3.05, 3.63) is 51.9 Å². The van der Waals surface area contributed by atoms with Gasteiger partial charge in [-0.25, -0.2) is 4.68 Å². The zero-order valence-electron chi connectivity index (χ0n) is 10.6. The third-order valence-corrected chi connectivity index (χ3v) is 3.07. The number of oxime groups is 1. The summed E-state index contributed by atoms with van der Waals surface area (Å²) in [6.45, 7) is 3.43. The van der Waals surface area contributed by atoms with Crippen LogP contribution in [0.5, 0.6) is 0 Å². The van der Waals surface area contributed by atoms with Crippen molar-refractivity contribution >= 4 is 5.71 Å². The quantitative estimate of drug-likeness (QED) is 0.497. The van der Waals surface area contributed by atoms with Crippen LogP contribution in [-0.4, -0.2) is 20.3 Å². The summed E-state index contributed by atoms with van der Waals surface area (Å²) < 4.78 is 3.31. The van der Waals surface area contributed by atoms with Gasteiger partial charge in [0.2, 0.25) is 0 Å². The Kier molecular flexibility index (Phi) is 3.06. The second kappa shape index (κ2) is 4.52. The Bertz CT molecular complexity index is 651. The maximum atomic E-state index is 12.4. The lowest BCUT2D eigenvalue weighted by Crippen LogP contribution is -2.22. The van der Waals surface area contributed by atoms with Crippen molar-refractivity contribution in [1.29, 1.82) is 0 Å². The Hall–Kier alpha value is -2.30. The number of benzene rings is 1. The summed E-state index contributed by atoms with van der Waals surface area (Å²) in [5, 5.41) is 12.0. The summed E-state index contributed by atoms with van der Waals surface area (Å²) in [5.74, 6) is 0. The Labute approximate surface area is 105 Å². The van der Waals surface area contributed by atoms with Crippen LogP contribution in [0, 0.1) is 6.92 Å².